The minimum atomic E-state index is -1.62. The first-order chi connectivity index (χ1) is 14.7. The number of benzene rings is 1. The van der Waals surface area contributed by atoms with Crippen LogP contribution in [-0.4, -0.2) is 87.0 Å². The first-order valence-corrected chi connectivity index (χ1v) is 9.85. The van der Waals surface area contributed by atoms with E-state index in [4.69, 9.17) is 18.9 Å². The average molecular weight is 442 g/mol. The number of carbonyl (C=O) groups is 2. The van der Waals surface area contributed by atoms with Crippen LogP contribution < -0.4 is 0 Å². The van der Waals surface area contributed by atoms with Gasteiger partial charge in [-0.2, -0.15) is 0 Å². The molecule has 1 aromatic rings. The van der Waals surface area contributed by atoms with Crippen molar-refractivity contribution in [2.75, 3.05) is 6.61 Å². The molecule has 1 aromatic carbocycles. The number of aliphatic hydroxyl groups is 3. The zero-order valence-corrected chi connectivity index (χ0v) is 16.8. The molecule has 0 aliphatic carbocycles. The molecule has 0 radical (unpaired) electrons. The Balaban J connectivity index is 1.72. The van der Waals surface area contributed by atoms with Crippen LogP contribution in [0.1, 0.15) is 25.3 Å². The molecule has 11 heteroatoms. The van der Waals surface area contributed by atoms with Crippen LogP contribution in [0.15, 0.2) is 18.2 Å². The van der Waals surface area contributed by atoms with Gasteiger partial charge >= 0.3 is 11.9 Å². The molecule has 2 aliphatic heterocycles. The van der Waals surface area contributed by atoms with E-state index in [9.17, 15) is 35.1 Å². The van der Waals surface area contributed by atoms with Crippen molar-refractivity contribution in [3.05, 3.63) is 23.8 Å². The summed E-state index contributed by atoms with van der Waals surface area (Å²) in [5.74, 6) is -2.05. The first-order valence-electron chi connectivity index (χ1n) is 9.85. The molecule has 2 fully saturated rings. The molecule has 0 aromatic heterocycles. The van der Waals surface area contributed by atoms with E-state index in [2.05, 4.69) is 0 Å². The van der Waals surface area contributed by atoms with Gasteiger partial charge in [-0.05, 0) is 24.6 Å². The van der Waals surface area contributed by atoms with Gasteiger partial charge in [-0.1, -0.05) is 6.07 Å². The maximum atomic E-state index is 12.4. The summed E-state index contributed by atoms with van der Waals surface area (Å²) in [4.78, 5) is 24.1. The van der Waals surface area contributed by atoms with Crippen LogP contribution in [0.25, 0.3) is 0 Å². The SMILES string of the molecule is CC1CC(OC2OC(CO)C(O)C(O)C2OC(=O)Cc2ccc(O)c(O)c2)CC(=O)O1. The predicted octanol–water partition coefficient (Wildman–Crippen LogP) is -0.898. The summed E-state index contributed by atoms with van der Waals surface area (Å²) in [7, 11) is 0. The van der Waals surface area contributed by atoms with Crippen LogP contribution in [-0.2, 0) is 35.0 Å². The molecule has 0 bridgehead atoms. The highest BCUT2D eigenvalue weighted by atomic mass is 16.7. The smallest absolute Gasteiger partial charge is 0.310 e. The number of phenols is 2. The summed E-state index contributed by atoms with van der Waals surface area (Å²) in [6.45, 7) is 1.07. The maximum absolute atomic E-state index is 12.4. The van der Waals surface area contributed by atoms with Crippen LogP contribution in [0, 0.1) is 0 Å². The molecular weight excluding hydrogens is 416 g/mol. The number of hydrogen-bond donors (Lipinski definition) is 5. The summed E-state index contributed by atoms with van der Waals surface area (Å²) >= 11 is 0. The fraction of sp³-hybridized carbons (Fsp3) is 0.600. The molecule has 0 saturated carbocycles. The van der Waals surface area contributed by atoms with Gasteiger partial charge in [0.15, 0.2) is 23.9 Å². The minimum Gasteiger partial charge on any atom is -0.504 e. The molecule has 2 saturated heterocycles. The molecular formula is C20H26O11. The largest absolute Gasteiger partial charge is 0.504 e. The number of rotatable bonds is 6. The summed E-state index contributed by atoms with van der Waals surface area (Å²) in [5, 5.41) is 49.0. The number of hydrogen-bond acceptors (Lipinski definition) is 11. The molecule has 2 heterocycles. The van der Waals surface area contributed by atoms with Crippen LogP contribution in [0.3, 0.4) is 0 Å². The van der Waals surface area contributed by atoms with Gasteiger partial charge in [0.2, 0.25) is 0 Å². The molecule has 2 aliphatic rings. The molecule has 3 rings (SSSR count). The highest BCUT2D eigenvalue weighted by Gasteiger charge is 2.48. The Hall–Kier alpha value is -2.44. The van der Waals surface area contributed by atoms with Crippen molar-refractivity contribution in [1.29, 1.82) is 0 Å². The zero-order chi connectivity index (χ0) is 22.7. The van der Waals surface area contributed by atoms with Gasteiger partial charge in [-0.25, -0.2) is 0 Å². The Kier molecular flexibility index (Phi) is 7.34. The highest BCUT2D eigenvalue weighted by molar-refractivity contribution is 5.73. The quantitative estimate of drug-likeness (QED) is 0.273. The maximum Gasteiger partial charge on any atom is 0.310 e. The third kappa shape index (κ3) is 5.63. The van der Waals surface area contributed by atoms with E-state index in [1.54, 1.807) is 6.92 Å². The predicted molar refractivity (Wildman–Crippen MR) is 101 cm³/mol. The second kappa shape index (κ2) is 9.79. The molecule has 172 valence electrons. The zero-order valence-electron chi connectivity index (χ0n) is 16.8. The topological polar surface area (TPSA) is 172 Å². The van der Waals surface area contributed by atoms with Gasteiger partial charge < -0.3 is 44.5 Å². The van der Waals surface area contributed by atoms with Gasteiger partial charge in [0, 0.05) is 6.42 Å². The Bertz CT molecular complexity index is 797. The van der Waals surface area contributed by atoms with Gasteiger partial charge in [-0.3, -0.25) is 9.59 Å². The van der Waals surface area contributed by atoms with Crippen LogP contribution in [0.2, 0.25) is 0 Å². The van der Waals surface area contributed by atoms with E-state index < -0.39 is 67.2 Å². The van der Waals surface area contributed by atoms with Crippen molar-refractivity contribution >= 4 is 11.9 Å². The van der Waals surface area contributed by atoms with Crippen LogP contribution >= 0.6 is 0 Å². The lowest BCUT2D eigenvalue weighted by molar-refractivity contribution is -0.316. The second-order valence-electron chi connectivity index (χ2n) is 7.66. The Morgan fingerprint density at radius 2 is 1.94 bits per heavy atom. The monoisotopic (exact) mass is 442 g/mol. The summed E-state index contributed by atoms with van der Waals surface area (Å²) < 4.78 is 21.6. The van der Waals surface area contributed by atoms with Crippen molar-refractivity contribution in [2.24, 2.45) is 0 Å². The number of esters is 2. The molecule has 7 unspecified atom stereocenters. The van der Waals surface area contributed by atoms with Gasteiger partial charge in [0.25, 0.3) is 0 Å². The highest BCUT2D eigenvalue weighted by Crippen LogP contribution is 2.29. The van der Waals surface area contributed by atoms with E-state index in [1.807, 2.05) is 0 Å². The van der Waals surface area contributed by atoms with Gasteiger partial charge in [-0.15, -0.1) is 0 Å². The fourth-order valence-electron chi connectivity index (χ4n) is 3.58. The van der Waals surface area contributed by atoms with E-state index >= 15 is 0 Å². The lowest BCUT2D eigenvalue weighted by Gasteiger charge is -2.43. The molecule has 31 heavy (non-hydrogen) atoms. The fourth-order valence-corrected chi connectivity index (χ4v) is 3.58. The lowest BCUT2D eigenvalue weighted by atomic mass is 9.98. The normalized spacial score (nSPS) is 33.5. The van der Waals surface area contributed by atoms with E-state index in [0.717, 1.165) is 0 Å². The van der Waals surface area contributed by atoms with Crippen molar-refractivity contribution in [1.82, 2.24) is 0 Å². The third-order valence-electron chi connectivity index (χ3n) is 5.13. The van der Waals surface area contributed by atoms with Gasteiger partial charge in [0.05, 0.1) is 25.6 Å². The van der Waals surface area contributed by atoms with Crippen LogP contribution in [0.5, 0.6) is 11.5 Å². The second-order valence-corrected chi connectivity index (χ2v) is 7.66. The number of aliphatic hydroxyl groups excluding tert-OH is 3. The molecule has 0 amide bonds. The number of carbonyl (C=O) groups excluding carboxylic acids is 2. The number of cyclic esters (lactones) is 1. The first kappa shape index (κ1) is 23.2. The van der Waals surface area contributed by atoms with Crippen molar-refractivity contribution < 1.29 is 54.1 Å². The van der Waals surface area contributed by atoms with E-state index in [0.29, 0.717) is 12.0 Å². The Labute approximate surface area is 177 Å². The standard InChI is InChI=1S/C20H26O11/c1-9-4-11(7-16(25)28-9)29-20-19(18(27)17(26)14(8-21)30-20)31-15(24)6-10-2-3-12(22)13(23)5-10/h2-3,5,9,11,14,17-23,26-27H,4,6-8H2,1H3. The van der Waals surface area contributed by atoms with Crippen molar-refractivity contribution in [2.45, 2.75) is 69.1 Å². The number of phenolic OH excluding ortho intramolecular Hbond substituents is 2. The number of ether oxygens (including phenoxy) is 4. The van der Waals surface area contributed by atoms with E-state index in [1.165, 1.54) is 18.2 Å². The van der Waals surface area contributed by atoms with Crippen LogP contribution in [0.4, 0.5) is 0 Å². The lowest BCUT2D eigenvalue weighted by Crippen LogP contribution is -2.61. The third-order valence-corrected chi connectivity index (χ3v) is 5.13. The van der Waals surface area contributed by atoms with Crippen molar-refractivity contribution in [3.63, 3.8) is 0 Å². The van der Waals surface area contributed by atoms with E-state index in [-0.39, 0.29) is 18.6 Å². The molecule has 5 N–H and O–H groups in total. The minimum absolute atomic E-state index is 0.0694. The molecule has 0 spiro atoms. The number of aromatic hydroxyl groups is 2. The molecule has 11 nitrogen and oxygen atoms in total. The molecule has 7 atom stereocenters. The summed E-state index contributed by atoms with van der Waals surface area (Å²) in [6, 6.07) is 3.80. The van der Waals surface area contributed by atoms with Crippen molar-refractivity contribution in [3.8, 4) is 11.5 Å². The Morgan fingerprint density at radius 1 is 1.19 bits per heavy atom. The summed E-state index contributed by atoms with van der Waals surface area (Å²) in [5.41, 5.74) is 0.335. The Morgan fingerprint density at radius 3 is 2.58 bits per heavy atom. The van der Waals surface area contributed by atoms with Gasteiger partial charge in [0.1, 0.15) is 24.4 Å². The average Bonchev–Trinajstić information content (AvgIpc) is 2.69. The summed E-state index contributed by atoms with van der Waals surface area (Å²) in [6.07, 6.45) is -8.22.